The van der Waals surface area contributed by atoms with Crippen LogP contribution < -0.4 is 5.32 Å². The van der Waals surface area contributed by atoms with Gasteiger partial charge in [-0.05, 0) is 31.9 Å². The topological polar surface area (TPSA) is 92.9 Å². The second kappa shape index (κ2) is 6.25. The van der Waals surface area contributed by atoms with E-state index in [-0.39, 0.29) is 18.4 Å². The van der Waals surface area contributed by atoms with Crippen LogP contribution in [0.25, 0.3) is 22.3 Å². The lowest BCUT2D eigenvalue weighted by molar-refractivity contribution is -0.117. The molecular weight excluding hydrogens is 318 g/mol. The molecule has 3 heterocycles. The van der Waals surface area contributed by atoms with Crippen molar-refractivity contribution < 1.29 is 9.90 Å². The zero-order valence-corrected chi connectivity index (χ0v) is 13.9. The second-order valence-electron chi connectivity index (χ2n) is 6.34. The Balaban J connectivity index is 1.78. The van der Waals surface area contributed by atoms with Gasteiger partial charge in [0.25, 0.3) is 0 Å². The van der Waals surface area contributed by atoms with Gasteiger partial charge in [0, 0.05) is 35.8 Å². The molecule has 3 aromatic rings. The summed E-state index contributed by atoms with van der Waals surface area (Å²) in [4.78, 5) is 24.8. The summed E-state index contributed by atoms with van der Waals surface area (Å²) in [5, 5.41) is 13.3. The molecule has 0 aromatic carbocycles. The molecule has 1 aliphatic rings. The van der Waals surface area contributed by atoms with E-state index in [1.165, 1.54) is 6.33 Å². The normalized spacial score (nSPS) is 14.0. The number of hydrogen-bond acceptors (Lipinski definition) is 5. The number of carbonyl (C=O) groups is 1. The smallest absolute Gasteiger partial charge is 0.228 e. The number of carbonyl (C=O) groups excluding carboxylic acids is 1. The van der Waals surface area contributed by atoms with E-state index in [1.807, 2.05) is 29.7 Å². The Hall–Kier alpha value is -2.80. The minimum absolute atomic E-state index is 0.00688. The summed E-state index contributed by atoms with van der Waals surface area (Å²) in [6.07, 6.45) is 5.17. The number of aliphatic hydroxyl groups is 1. The molecule has 7 nitrogen and oxygen atoms in total. The van der Waals surface area contributed by atoms with Crippen LogP contribution in [0.1, 0.15) is 18.5 Å². The molecule has 0 aliphatic heterocycles. The minimum atomic E-state index is 0.00688. The molecule has 0 saturated heterocycles. The maximum atomic E-state index is 12.0. The zero-order valence-electron chi connectivity index (χ0n) is 13.9. The minimum Gasteiger partial charge on any atom is -0.395 e. The highest BCUT2D eigenvalue weighted by Gasteiger charge is 2.29. The summed E-state index contributed by atoms with van der Waals surface area (Å²) in [5.74, 6) is 0.687. The van der Waals surface area contributed by atoms with E-state index in [9.17, 15) is 9.90 Å². The third-order valence-corrected chi connectivity index (χ3v) is 4.37. The number of nitrogens with zero attached hydrogens (tertiary/aromatic N) is 4. The molecule has 2 N–H and O–H groups in total. The van der Waals surface area contributed by atoms with E-state index in [0.29, 0.717) is 12.4 Å². The first-order chi connectivity index (χ1) is 12.2. The van der Waals surface area contributed by atoms with Gasteiger partial charge in [-0.1, -0.05) is 0 Å². The van der Waals surface area contributed by atoms with Gasteiger partial charge in [-0.15, -0.1) is 0 Å². The van der Waals surface area contributed by atoms with Gasteiger partial charge >= 0.3 is 0 Å². The largest absolute Gasteiger partial charge is 0.395 e. The number of rotatable bonds is 5. The van der Waals surface area contributed by atoms with Gasteiger partial charge in [0.2, 0.25) is 5.91 Å². The van der Waals surface area contributed by atoms with Crippen molar-refractivity contribution >= 4 is 22.6 Å². The average Bonchev–Trinajstić information content (AvgIpc) is 3.39. The number of aromatic nitrogens is 4. The van der Waals surface area contributed by atoms with E-state index < -0.39 is 0 Å². The van der Waals surface area contributed by atoms with Crippen LogP contribution in [0, 0.1) is 12.8 Å². The fraction of sp³-hybridized carbons (Fsp3) is 0.333. The van der Waals surface area contributed by atoms with Crippen molar-refractivity contribution in [3.63, 3.8) is 0 Å². The lowest BCUT2D eigenvalue weighted by atomic mass is 10.2. The van der Waals surface area contributed by atoms with Crippen LogP contribution in [-0.2, 0) is 11.3 Å². The van der Waals surface area contributed by atoms with Crippen molar-refractivity contribution in [2.75, 3.05) is 11.9 Å². The fourth-order valence-corrected chi connectivity index (χ4v) is 2.95. The number of amides is 1. The monoisotopic (exact) mass is 337 g/mol. The highest BCUT2D eigenvalue weighted by molar-refractivity contribution is 5.95. The molecule has 0 atom stereocenters. The highest BCUT2D eigenvalue weighted by Crippen LogP contribution is 2.31. The van der Waals surface area contributed by atoms with Gasteiger partial charge in [-0.25, -0.2) is 15.0 Å². The van der Waals surface area contributed by atoms with Crippen LogP contribution in [0.2, 0.25) is 0 Å². The van der Waals surface area contributed by atoms with Crippen LogP contribution in [0.15, 0.2) is 30.7 Å². The first-order valence-electron chi connectivity index (χ1n) is 8.36. The third kappa shape index (κ3) is 3.10. The Kier molecular flexibility index (Phi) is 3.93. The molecule has 1 saturated carbocycles. The Morgan fingerprint density at radius 3 is 2.84 bits per heavy atom. The molecule has 4 rings (SSSR count). The fourth-order valence-electron chi connectivity index (χ4n) is 2.95. The number of anilines is 1. The van der Waals surface area contributed by atoms with E-state index in [2.05, 4.69) is 20.3 Å². The van der Waals surface area contributed by atoms with Crippen molar-refractivity contribution in [2.45, 2.75) is 26.3 Å². The number of nitrogens with one attached hydrogen (secondary N) is 1. The molecule has 128 valence electrons. The molecule has 1 fully saturated rings. The molecule has 0 bridgehead atoms. The lowest BCUT2D eigenvalue weighted by Crippen LogP contribution is -2.14. The van der Waals surface area contributed by atoms with Crippen LogP contribution >= 0.6 is 0 Å². The van der Waals surface area contributed by atoms with Crippen molar-refractivity contribution in [1.29, 1.82) is 0 Å². The van der Waals surface area contributed by atoms with E-state index in [0.717, 1.165) is 40.8 Å². The summed E-state index contributed by atoms with van der Waals surface area (Å²) in [7, 11) is 0. The van der Waals surface area contributed by atoms with Crippen LogP contribution in [0.3, 0.4) is 0 Å². The van der Waals surface area contributed by atoms with E-state index in [4.69, 9.17) is 0 Å². The molecule has 7 heteroatoms. The highest BCUT2D eigenvalue weighted by atomic mass is 16.3. The molecule has 0 radical (unpaired) electrons. The summed E-state index contributed by atoms with van der Waals surface area (Å²) in [6.45, 7) is 2.35. The van der Waals surface area contributed by atoms with Crippen molar-refractivity contribution in [2.24, 2.45) is 5.92 Å². The van der Waals surface area contributed by atoms with Crippen LogP contribution in [-0.4, -0.2) is 37.1 Å². The standard InChI is InChI=1S/C18H19N5O2/c1-11-6-14(21-10-20-11)16-7-13-9-19-17(22-18(25)12-2-3-12)8-15(13)23(16)4-5-24/h6-10,12,24H,2-5H2,1H3,(H,19,22,25). The van der Waals surface area contributed by atoms with Gasteiger partial charge in [-0.3, -0.25) is 4.79 Å². The van der Waals surface area contributed by atoms with E-state index >= 15 is 0 Å². The van der Waals surface area contributed by atoms with Gasteiger partial charge in [0.05, 0.1) is 23.5 Å². The number of fused-ring (bicyclic) bond motifs is 1. The average molecular weight is 337 g/mol. The Bertz CT molecular complexity index is 946. The van der Waals surface area contributed by atoms with Crippen molar-refractivity contribution in [1.82, 2.24) is 19.5 Å². The van der Waals surface area contributed by atoms with Gasteiger partial charge < -0.3 is 15.0 Å². The third-order valence-electron chi connectivity index (χ3n) is 4.37. The molecule has 1 aliphatic carbocycles. The molecule has 25 heavy (non-hydrogen) atoms. The zero-order chi connectivity index (χ0) is 17.4. The quantitative estimate of drug-likeness (QED) is 0.744. The number of aliphatic hydroxyl groups excluding tert-OH is 1. The summed E-state index contributed by atoms with van der Waals surface area (Å²) in [5.41, 5.74) is 3.46. The summed E-state index contributed by atoms with van der Waals surface area (Å²) in [6, 6.07) is 5.75. The van der Waals surface area contributed by atoms with Crippen molar-refractivity contribution in [3.05, 3.63) is 36.4 Å². The van der Waals surface area contributed by atoms with Crippen LogP contribution in [0.4, 0.5) is 5.82 Å². The predicted octanol–water partition coefficient (Wildman–Crippen LogP) is 2.14. The van der Waals surface area contributed by atoms with Gasteiger partial charge in [0.15, 0.2) is 0 Å². The maximum Gasteiger partial charge on any atom is 0.228 e. The van der Waals surface area contributed by atoms with Crippen molar-refractivity contribution in [3.8, 4) is 11.4 Å². The summed E-state index contributed by atoms with van der Waals surface area (Å²) >= 11 is 0. The van der Waals surface area contributed by atoms with Gasteiger partial charge in [0.1, 0.15) is 12.1 Å². The number of aryl methyl sites for hydroxylation is 1. The van der Waals surface area contributed by atoms with Crippen LogP contribution in [0.5, 0.6) is 0 Å². The first kappa shape index (κ1) is 15.7. The van der Waals surface area contributed by atoms with E-state index in [1.54, 1.807) is 6.20 Å². The number of hydrogen-bond donors (Lipinski definition) is 2. The molecule has 0 spiro atoms. The predicted molar refractivity (Wildman–Crippen MR) is 93.9 cm³/mol. The molecule has 3 aromatic heterocycles. The SMILES string of the molecule is Cc1cc(-c2cc3cnc(NC(=O)C4CC4)cc3n2CCO)ncn1. The summed E-state index contributed by atoms with van der Waals surface area (Å²) < 4.78 is 1.99. The first-order valence-corrected chi connectivity index (χ1v) is 8.36. The molecular formula is C18H19N5O2. The Morgan fingerprint density at radius 1 is 1.28 bits per heavy atom. The maximum absolute atomic E-state index is 12.0. The number of pyridine rings is 1. The van der Waals surface area contributed by atoms with Gasteiger partial charge in [-0.2, -0.15) is 0 Å². The molecule has 1 amide bonds. The Labute approximate surface area is 144 Å². The Morgan fingerprint density at radius 2 is 2.12 bits per heavy atom. The lowest BCUT2D eigenvalue weighted by Gasteiger charge is -2.10. The second-order valence-corrected chi connectivity index (χ2v) is 6.34. The molecule has 0 unspecified atom stereocenters.